The maximum atomic E-state index is 12.7. The molecular weight excluding hydrogens is 296 g/mol. The maximum absolute atomic E-state index is 12.7. The summed E-state index contributed by atoms with van der Waals surface area (Å²) in [5, 5.41) is 0. The molecule has 3 rings (SSSR count). The third-order valence-corrected chi connectivity index (χ3v) is 4.89. The number of amides is 2. The summed E-state index contributed by atoms with van der Waals surface area (Å²) in [6.07, 6.45) is 0. The average Bonchev–Trinajstić information content (AvgIpc) is 2.53. The first-order chi connectivity index (χ1) is 10.9. The predicted molar refractivity (Wildman–Crippen MR) is 85.4 cm³/mol. The zero-order valence-corrected chi connectivity index (χ0v) is 13.8. The molecule has 23 heavy (non-hydrogen) atoms. The number of hydrogen-bond donors (Lipinski definition) is 1. The molecule has 2 saturated heterocycles. The minimum atomic E-state index is -0.368. The van der Waals surface area contributed by atoms with Crippen LogP contribution in [0.4, 0.5) is 0 Å². The average molecular weight is 318 g/mol. The van der Waals surface area contributed by atoms with E-state index in [9.17, 15) is 14.4 Å². The molecule has 2 amide bonds. The van der Waals surface area contributed by atoms with Crippen LogP contribution in [0, 0.1) is 13.8 Å². The summed E-state index contributed by atoms with van der Waals surface area (Å²) in [5.74, 6) is -0.252. The lowest BCUT2D eigenvalue weighted by Gasteiger charge is -2.45. The number of rotatable bonds is 1. The van der Waals surface area contributed by atoms with Gasteiger partial charge in [-0.1, -0.05) is 0 Å². The highest BCUT2D eigenvalue weighted by molar-refractivity contribution is 5.95. The van der Waals surface area contributed by atoms with Crippen LogP contribution in [0.2, 0.25) is 0 Å². The van der Waals surface area contributed by atoms with Gasteiger partial charge in [-0.2, -0.15) is 0 Å². The molecule has 0 aliphatic carbocycles. The molecule has 0 spiro atoms. The van der Waals surface area contributed by atoms with Crippen molar-refractivity contribution in [3.8, 4) is 0 Å². The van der Waals surface area contributed by atoms with Crippen molar-refractivity contribution in [2.45, 2.75) is 19.9 Å². The number of H-pyrrole nitrogens is 1. The van der Waals surface area contributed by atoms with Crippen LogP contribution < -0.4 is 5.56 Å². The molecule has 2 fully saturated rings. The van der Waals surface area contributed by atoms with Gasteiger partial charge in [0.15, 0.2) is 0 Å². The number of aryl methyl sites for hydroxylation is 2. The van der Waals surface area contributed by atoms with Gasteiger partial charge in [-0.25, -0.2) is 0 Å². The smallest absolute Gasteiger partial charge is 0.261 e. The van der Waals surface area contributed by atoms with E-state index >= 15 is 0 Å². The van der Waals surface area contributed by atoms with Crippen LogP contribution in [0.25, 0.3) is 0 Å². The molecular formula is C16H22N4O3. The van der Waals surface area contributed by atoms with Gasteiger partial charge in [0.2, 0.25) is 5.91 Å². The SMILES string of the molecule is Cc1cc(C(=O)N2CCN3CCN(C)C(=O)C3C2)c(=O)[nH]c1C. The molecule has 0 radical (unpaired) electrons. The Kier molecular flexibility index (Phi) is 3.97. The van der Waals surface area contributed by atoms with E-state index in [0.717, 1.165) is 24.3 Å². The highest BCUT2D eigenvalue weighted by Gasteiger charge is 2.39. The number of nitrogens with one attached hydrogen (secondary N) is 1. The van der Waals surface area contributed by atoms with Crippen molar-refractivity contribution < 1.29 is 9.59 Å². The second kappa shape index (κ2) is 5.81. The molecule has 3 heterocycles. The molecule has 0 saturated carbocycles. The molecule has 1 aromatic heterocycles. The standard InChI is InChI=1S/C16H22N4O3/c1-10-8-12(14(21)17-11(10)2)15(22)20-7-6-19-5-4-18(3)16(23)13(19)9-20/h8,13H,4-7,9H2,1-3H3,(H,17,21). The number of aromatic nitrogens is 1. The second-order valence-electron chi connectivity index (χ2n) is 6.38. The highest BCUT2D eigenvalue weighted by atomic mass is 16.2. The van der Waals surface area contributed by atoms with Gasteiger partial charge in [-0.3, -0.25) is 19.3 Å². The summed E-state index contributed by atoms with van der Waals surface area (Å²) in [4.78, 5) is 45.3. The lowest BCUT2D eigenvalue weighted by molar-refractivity contribution is -0.142. The molecule has 7 nitrogen and oxygen atoms in total. The van der Waals surface area contributed by atoms with E-state index in [1.165, 1.54) is 0 Å². The summed E-state index contributed by atoms with van der Waals surface area (Å²) in [5.41, 5.74) is 1.42. The maximum Gasteiger partial charge on any atom is 0.261 e. The Morgan fingerprint density at radius 3 is 2.61 bits per heavy atom. The topological polar surface area (TPSA) is 76.7 Å². The van der Waals surface area contributed by atoms with E-state index in [1.54, 1.807) is 29.8 Å². The highest BCUT2D eigenvalue weighted by Crippen LogP contribution is 2.17. The Hall–Kier alpha value is -2.15. The van der Waals surface area contributed by atoms with Crippen molar-refractivity contribution in [2.75, 3.05) is 39.8 Å². The van der Waals surface area contributed by atoms with Crippen LogP contribution in [0.5, 0.6) is 0 Å². The normalized spacial score (nSPS) is 22.2. The number of carbonyl (C=O) groups excluding carboxylic acids is 2. The van der Waals surface area contributed by atoms with Gasteiger partial charge in [-0.15, -0.1) is 0 Å². The summed E-state index contributed by atoms with van der Waals surface area (Å²) >= 11 is 0. The molecule has 124 valence electrons. The third-order valence-electron chi connectivity index (χ3n) is 4.89. The van der Waals surface area contributed by atoms with Crippen LogP contribution in [-0.2, 0) is 4.79 Å². The van der Waals surface area contributed by atoms with Gasteiger partial charge in [-0.05, 0) is 25.5 Å². The molecule has 1 N–H and O–H groups in total. The molecule has 0 bridgehead atoms. The molecule has 2 aliphatic rings. The van der Waals surface area contributed by atoms with Crippen LogP contribution in [-0.4, -0.2) is 77.3 Å². The Labute approximate surface area is 134 Å². The van der Waals surface area contributed by atoms with Gasteiger partial charge in [0.1, 0.15) is 11.6 Å². The molecule has 7 heteroatoms. The Balaban J connectivity index is 1.83. The van der Waals surface area contributed by atoms with E-state index in [1.807, 2.05) is 6.92 Å². The third kappa shape index (κ3) is 2.76. The first kappa shape index (κ1) is 15.7. The molecule has 0 aromatic carbocycles. The Morgan fingerprint density at radius 1 is 1.17 bits per heavy atom. The number of aromatic amines is 1. The predicted octanol–water partition coefficient (Wildman–Crippen LogP) is -0.410. The lowest BCUT2D eigenvalue weighted by Crippen LogP contribution is -2.64. The minimum Gasteiger partial charge on any atom is -0.343 e. The molecule has 1 aromatic rings. The van der Waals surface area contributed by atoms with Gasteiger partial charge in [0.05, 0.1) is 0 Å². The number of hydrogen-bond acceptors (Lipinski definition) is 4. The van der Waals surface area contributed by atoms with Crippen LogP contribution in [0.1, 0.15) is 21.6 Å². The zero-order chi connectivity index (χ0) is 16.7. The number of fused-ring (bicyclic) bond motifs is 1. The lowest BCUT2D eigenvalue weighted by atomic mass is 10.1. The first-order valence-electron chi connectivity index (χ1n) is 7.87. The summed E-state index contributed by atoms with van der Waals surface area (Å²) < 4.78 is 0. The number of likely N-dealkylation sites (N-methyl/N-ethyl adjacent to an activating group) is 1. The first-order valence-corrected chi connectivity index (χ1v) is 7.87. The number of nitrogens with zero attached hydrogens (tertiary/aromatic N) is 3. The minimum absolute atomic E-state index is 0.0442. The van der Waals surface area contributed by atoms with Crippen molar-refractivity contribution in [1.29, 1.82) is 0 Å². The van der Waals surface area contributed by atoms with E-state index in [0.29, 0.717) is 19.6 Å². The quantitative estimate of drug-likeness (QED) is 0.764. The summed E-state index contributed by atoms with van der Waals surface area (Å²) in [6, 6.07) is 1.34. The van der Waals surface area contributed by atoms with Crippen LogP contribution in [0.15, 0.2) is 10.9 Å². The van der Waals surface area contributed by atoms with E-state index in [-0.39, 0.29) is 29.0 Å². The fourth-order valence-electron chi connectivity index (χ4n) is 3.21. The van der Waals surface area contributed by atoms with Gasteiger partial charge < -0.3 is 14.8 Å². The fourth-order valence-corrected chi connectivity index (χ4v) is 3.21. The molecule has 1 atom stereocenters. The van der Waals surface area contributed by atoms with E-state index in [4.69, 9.17) is 0 Å². The second-order valence-corrected chi connectivity index (χ2v) is 6.38. The van der Waals surface area contributed by atoms with Crippen molar-refractivity contribution in [3.63, 3.8) is 0 Å². The fraction of sp³-hybridized carbons (Fsp3) is 0.562. The van der Waals surface area contributed by atoms with E-state index < -0.39 is 0 Å². The largest absolute Gasteiger partial charge is 0.343 e. The molecule has 1 unspecified atom stereocenters. The Bertz CT molecular complexity index is 712. The summed E-state index contributed by atoms with van der Waals surface area (Å²) in [6.45, 7) is 6.77. The summed E-state index contributed by atoms with van der Waals surface area (Å²) in [7, 11) is 1.79. The zero-order valence-electron chi connectivity index (χ0n) is 13.8. The van der Waals surface area contributed by atoms with Crippen molar-refractivity contribution in [3.05, 3.63) is 33.2 Å². The van der Waals surface area contributed by atoms with Crippen LogP contribution in [0.3, 0.4) is 0 Å². The number of piperazine rings is 2. The van der Waals surface area contributed by atoms with Crippen molar-refractivity contribution in [1.82, 2.24) is 19.7 Å². The Morgan fingerprint density at radius 2 is 1.87 bits per heavy atom. The van der Waals surface area contributed by atoms with Gasteiger partial charge in [0, 0.05) is 45.5 Å². The van der Waals surface area contributed by atoms with Crippen molar-refractivity contribution in [2.24, 2.45) is 0 Å². The van der Waals surface area contributed by atoms with Crippen LogP contribution >= 0.6 is 0 Å². The number of carbonyl (C=O) groups is 2. The van der Waals surface area contributed by atoms with E-state index in [2.05, 4.69) is 9.88 Å². The monoisotopic (exact) mass is 318 g/mol. The van der Waals surface area contributed by atoms with Crippen molar-refractivity contribution >= 4 is 11.8 Å². The molecule has 2 aliphatic heterocycles. The van der Waals surface area contributed by atoms with Gasteiger partial charge in [0.25, 0.3) is 11.5 Å². The van der Waals surface area contributed by atoms with Gasteiger partial charge >= 0.3 is 0 Å². The number of pyridine rings is 1.